The fourth-order valence-corrected chi connectivity index (χ4v) is 3.85. The third kappa shape index (κ3) is 2.73. The highest BCUT2D eigenvalue weighted by Gasteiger charge is 2.33. The van der Waals surface area contributed by atoms with Crippen LogP contribution in [0.1, 0.15) is 19.4 Å². The van der Waals surface area contributed by atoms with E-state index in [1.807, 2.05) is 0 Å². The molecule has 0 N–H and O–H groups in total. The van der Waals surface area contributed by atoms with Gasteiger partial charge >= 0.3 is 13.3 Å². The highest BCUT2D eigenvalue weighted by atomic mass is 31.2. The molecule has 1 aromatic heterocycles. The van der Waals surface area contributed by atoms with E-state index >= 15 is 0 Å². The van der Waals surface area contributed by atoms with E-state index in [-0.39, 0.29) is 24.2 Å². The van der Waals surface area contributed by atoms with Gasteiger partial charge in [0.05, 0.1) is 13.2 Å². The van der Waals surface area contributed by atoms with Crippen LogP contribution < -0.4 is 16.7 Å². The van der Waals surface area contributed by atoms with Crippen LogP contribution >= 0.6 is 7.60 Å². The molecule has 8 heteroatoms. The van der Waals surface area contributed by atoms with Crippen molar-refractivity contribution < 1.29 is 13.6 Å². The summed E-state index contributed by atoms with van der Waals surface area (Å²) in [5.41, 5.74) is -0.859. The summed E-state index contributed by atoms with van der Waals surface area (Å²) in [5.74, 6) is 0. The molecule has 0 saturated carbocycles. The van der Waals surface area contributed by atoms with Crippen LogP contribution in [0, 0.1) is 6.92 Å². The molecule has 1 heterocycles. The van der Waals surface area contributed by atoms with Crippen LogP contribution in [0.25, 0.3) is 0 Å². The number of hydrogen-bond acceptors (Lipinski definition) is 5. The summed E-state index contributed by atoms with van der Waals surface area (Å²) in [6.07, 6.45) is 0. The predicted octanol–water partition coefficient (Wildman–Crippen LogP) is 0.284. The second-order valence-electron chi connectivity index (χ2n) is 3.99. The summed E-state index contributed by atoms with van der Waals surface area (Å²) in [7, 11) is -0.863. The smallest absolute Gasteiger partial charge is 0.304 e. The first-order valence-electron chi connectivity index (χ1n) is 5.96. The number of nitrogens with zero attached hydrogens (tertiary/aromatic N) is 2. The second kappa shape index (κ2) is 5.86. The van der Waals surface area contributed by atoms with Gasteiger partial charge in [0.15, 0.2) is 0 Å². The number of rotatable bonds is 5. The minimum absolute atomic E-state index is 0.0179. The van der Waals surface area contributed by atoms with Crippen LogP contribution in [0.3, 0.4) is 0 Å². The molecule has 0 spiro atoms. The first-order valence-corrected chi connectivity index (χ1v) is 7.50. The average Bonchev–Trinajstić information content (AvgIpc) is 2.34. The van der Waals surface area contributed by atoms with Crippen molar-refractivity contribution in [1.29, 1.82) is 0 Å². The lowest BCUT2D eigenvalue weighted by molar-refractivity contribution is 0.228. The summed E-state index contributed by atoms with van der Waals surface area (Å²) in [6, 6.07) is 0. The standard InChI is InChI=1S/C11H19N2O5P/c1-6-17-19(16,18-7-2)10-8(3)9(14)12(4)11(15)13(10)5/h6-7H2,1-5H3. The van der Waals surface area contributed by atoms with Crippen molar-refractivity contribution in [2.75, 3.05) is 13.2 Å². The lowest BCUT2D eigenvalue weighted by Gasteiger charge is -2.21. The molecule has 0 atom stereocenters. The van der Waals surface area contributed by atoms with E-state index in [9.17, 15) is 14.2 Å². The Kier molecular flexibility index (Phi) is 4.90. The molecule has 19 heavy (non-hydrogen) atoms. The van der Waals surface area contributed by atoms with Gasteiger partial charge in [-0.2, -0.15) is 0 Å². The maximum atomic E-state index is 12.7. The third-order valence-corrected chi connectivity index (χ3v) is 5.06. The molecule has 108 valence electrons. The first kappa shape index (κ1) is 15.9. The zero-order valence-electron chi connectivity index (χ0n) is 11.8. The molecule has 0 radical (unpaired) electrons. The van der Waals surface area contributed by atoms with E-state index in [1.54, 1.807) is 13.8 Å². The summed E-state index contributed by atoms with van der Waals surface area (Å²) in [4.78, 5) is 23.8. The monoisotopic (exact) mass is 290 g/mol. The molecule has 1 rings (SSSR count). The van der Waals surface area contributed by atoms with E-state index in [4.69, 9.17) is 9.05 Å². The van der Waals surface area contributed by atoms with E-state index in [0.717, 1.165) is 9.13 Å². The van der Waals surface area contributed by atoms with Gasteiger partial charge in [0, 0.05) is 19.7 Å². The van der Waals surface area contributed by atoms with Crippen molar-refractivity contribution >= 4 is 13.0 Å². The molecule has 1 aromatic rings. The van der Waals surface area contributed by atoms with Crippen LogP contribution in [0.15, 0.2) is 9.59 Å². The van der Waals surface area contributed by atoms with E-state index in [1.165, 1.54) is 21.0 Å². The molecule has 0 unspecified atom stereocenters. The van der Waals surface area contributed by atoms with Gasteiger partial charge in [0.2, 0.25) is 0 Å². The van der Waals surface area contributed by atoms with Gasteiger partial charge in [-0.1, -0.05) is 0 Å². The van der Waals surface area contributed by atoms with Gasteiger partial charge in [-0.25, -0.2) is 4.79 Å². The van der Waals surface area contributed by atoms with Crippen molar-refractivity contribution in [3.63, 3.8) is 0 Å². The molecule has 0 aromatic carbocycles. The molecule has 0 aliphatic heterocycles. The zero-order valence-corrected chi connectivity index (χ0v) is 12.7. The van der Waals surface area contributed by atoms with E-state index < -0.39 is 18.8 Å². The summed E-state index contributed by atoms with van der Waals surface area (Å²) < 4.78 is 25.2. The zero-order chi connectivity index (χ0) is 14.8. The SMILES string of the molecule is CCOP(=O)(OCC)c1c(C)c(=O)n(C)c(=O)n1C. The van der Waals surface area contributed by atoms with Crippen LogP contribution in [-0.4, -0.2) is 22.3 Å². The predicted molar refractivity (Wildman–Crippen MR) is 72.2 cm³/mol. The summed E-state index contributed by atoms with van der Waals surface area (Å²) in [5, 5.41) is 0. The van der Waals surface area contributed by atoms with E-state index in [0.29, 0.717) is 0 Å². The van der Waals surface area contributed by atoms with Crippen molar-refractivity contribution in [2.45, 2.75) is 20.8 Å². The Hall–Kier alpha value is -1.17. The third-order valence-electron chi connectivity index (χ3n) is 2.71. The maximum absolute atomic E-state index is 12.7. The highest BCUT2D eigenvalue weighted by molar-refractivity contribution is 7.62. The quantitative estimate of drug-likeness (QED) is 0.728. The molecule has 0 aliphatic carbocycles. The summed E-state index contributed by atoms with van der Waals surface area (Å²) >= 11 is 0. The summed E-state index contributed by atoms with van der Waals surface area (Å²) in [6.45, 7) is 5.14. The molecule has 0 amide bonds. The van der Waals surface area contributed by atoms with Gasteiger partial charge in [0.1, 0.15) is 5.44 Å². The average molecular weight is 290 g/mol. The van der Waals surface area contributed by atoms with Gasteiger partial charge < -0.3 is 9.05 Å². The Bertz CT molecular complexity index is 584. The highest BCUT2D eigenvalue weighted by Crippen LogP contribution is 2.46. The van der Waals surface area contributed by atoms with Crippen molar-refractivity contribution in [3.8, 4) is 0 Å². The molecule has 0 aliphatic rings. The van der Waals surface area contributed by atoms with Gasteiger partial charge in [-0.15, -0.1) is 0 Å². The molecule has 7 nitrogen and oxygen atoms in total. The van der Waals surface area contributed by atoms with Crippen molar-refractivity contribution in [2.24, 2.45) is 14.1 Å². The molecule has 0 saturated heterocycles. The van der Waals surface area contributed by atoms with Crippen LogP contribution in [0.4, 0.5) is 0 Å². The second-order valence-corrected chi connectivity index (χ2v) is 5.92. The largest absolute Gasteiger partial charge is 0.378 e. The van der Waals surface area contributed by atoms with Crippen LogP contribution in [0.5, 0.6) is 0 Å². The minimum atomic E-state index is -3.67. The molecule has 0 fully saturated rings. The maximum Gasteiger partial charge on any atom is 0.378 e. The Morgan fingerprint density at radius 3 is 1.95 bits per heavy atom. The van der Waals surface area contributed by atoms with Crippen molar-refractivity contribution in [3.05, 3.63) is 26.4 Å². The topological polar surface area (TPSA) is 79.5 Å². The Labute approximate surface area is 111 Å². The van der Waals surface area contributed by atoms with Gasteiger partial charge in [-0.05, 0) is 20.8 Å². The van der Waals surface area contributed by atoms with E-state index in [2.05, 4.69) is 0 Å². The molecule has 0 bridgehead atoms. The van der Waals surface area contributed by atoms with Crippen molar-refractivity contribution in [1.82, 2.24) is 9.13 Å². The number of aromatic nitrogens is 2. The lowest BCUT2D eigenvalue weighted by atomic mass is 10.4. The minimum Gasteiger partial charge on any atom is -0.304 e. The normalized spacial score (nSPS) is 11.8. The Morgan fingerprint density at radius 1 is 1.05 bits per heavy atom. The molecular weight excluding hydrogens is 271 g/mol. The van der Waals surface area contributed by atoms with Gasteiger partial charge in [-0.3, -0.25) is 18.5 Å². The first-order chi connectivity index (χ1) is 8.80. The van der Waals surface area contributed by atoms with Crippen LogP contribution in [0.2, 0.25) is 0 Å². The fraction of sp³-hybridized carbons (Fsp3) is 0.636. The Morgan fingerprint density at radius 2 is 1.53 bits per heavy atom. The van der Waals surface area contributed by atoms with Crippen LogP contribution in [-0.2, 0) is 27.7 Å². The molecular formula is C11H19N2O5P. The van der Waals surface area contributed by atoms with Gasteiger partial charge in [0.25, 0.3) is 5.56 Å². The number of hydrogen-bond donors (Lipinski definition) is 0. The lowest BCUT2D eigenvalue weighted by Crippen LogP contribution is -2.46. The fourth-order valence-electron chi connectivity index (χ4n) is 1.89. The Balaban J connectivity index is 3.71.